The fourth-order valence-corrected chi connectivity index (χ4v) is 15.3. The van der Waals surface area contributed by atoms with Gasteiger partial charge in [-0.2, -0.15) is 0 Å². The molecular weight excluding hydrogens is 766 g/mol. The zero-order chi connectivity index (χ0) is 40.9. The molecule has 0 fully saturated rings. The van der Waals surface area contributed by atoms with Crippen LogP contribution in [0.2, 0.25) is 6.55 Å². The van der Waals surface area contributed by atoms with Gasteiger partial charge in [0.2, 0.25) is 0 Å². The Morgan fingerprint density at radius 3 is 1.27 bits per heavy atom. The number of benzene rings is 10. The van der Waals surface area contributed by atoms with Gasteiger partial charge in [0.15, 0.2) is 0 Å². The van der Waals surface area contributed by atoms with Gasteiger partial charge in [0, 0.05) is 45.5 Å². The first-order valence-electron chi connectivity index (χ1n) is 21.6. The second-order valence-electron chi connectivity index (χ2n) is 17.0. The molecule has 3 heterocycles. The van der Waals surface area contributed by atoms with Crippen molar-refractivity contribution in [2.24, 2.45) is 0 Å². The fraction of sp³-hybridized carbons (Fsp3) is 0.0175. The first-order valence-corrected chi connectivity index (χ1v) is 24.1. The van der Waals surface area contributed by atoms with Crippen LogP contribution >= 0.6 is 0 Å². The highest BCUT2D eigenvalue weighted by Gasteiger charge is 2.53. The molecule has 10 aromatic rings. The van der Waals surface area contributed by atoms with E-state index in [0.29, 0.717) is 0 Å². The third-order valence-electron chi connectivity index (χ3n) is 13.8. The van der Waals surface area contributed by atoms with E-state index in [1.807, 2.05) is 0 Å². The maximum Gasteiger partial charge on any atom is 0.251 e. The maximum absolute atomic E-state index is 2.59. The van der Waals surface area contributed by atoms with E-state index in [-0.39, 0.29) is 6.71 Å². The Balaban J connectivity index is 1.19. The predicted octanol–water partition coefficient (Wildman–Crippen LogP) is 11.0. The Morgan fingerprint density at radius 2 is 0.790 bits per heavy atom. The minimum atomic E-state index is -2.56. The van der Waals surface area contributed by atoms with Gasteiger partial charge in [-0.05, 0) is 116 Å². The van der Waals surface area contributed by atoms with Crippen molar-refractivity contribution in [2.45, 2.75) is 6.55 Å². The summed E-state index contributed by atoms with van der Waals surface area (Å²) < 4.78 is 0. The Kier molecular flexibility index (Phi) is 7.63. The number of para-hydroxylation sites is 2. The van der Waals surface area contributed by atoms with Crippen LogP contribution in [0.4, 0.5) is 51.2 Å². The zero-order valence-electron chi connectivity index (χ0n) is 34.3. The Bertz CT molecular complexity index is 3210. The molecular formula is C57H40BN3Si. The minimum absolute atomic E-state index is 0.0473. The number of anilines is 9. The van der Waals surface area contributed by atoms with E-state index in [0.717, 1.165) is 28.4 Å². The van der Waals surface area contributed by atoms with Crippen LogP contribution in [0.15, 0.2) is 224 Å². The van der Waals surface area contributed by atoms with Crippen molar-refractivity contribution in [1.82, 2.24) is 0 Å². The Morgan fingerprint density at radius 1 is 0.355 bits per heavy atom. The van der Waals surface area contributed by atoms with Crippen molar-refractivity contribution in [3.05, 3.63) is 224 Å². The van der Waals surface area contributed by atoms with Gasteiger partial charge >= 0.3 is 0 Å². The lowest BCUT2D eigenvalue weighted by molar-refractivity contribution is 1.23. The Hall–Kier alpha value is -7.60. The first kappa shape index (κ1) is 35.2. The summed E-state index contributed by atoms with van der Waals surface area (Å²) in [5.41, 5.74) is 14.8. The van der Waals surface area contributed by atoms with E-state index in [4.69, 9.17) is 0 Å². The summed E-state index contributed by atoms with van der Waals surface area (Å²) in [7, 11) is -2.56. The summed E-state index contributed by atoms with van der Waals surface area (Å²) in [5, 5.41) is 9.36. The van der Waals surface area contributed by atoms with Crippen molar-refractivity contribution in [3.63, 3.8) is 0 Å². The molecule has 0 unspecified atom stereocenters. The average Bonchev–Trinajstić information content (AvgIpc) is 3.33. The number of nitrogens with zero attached hydrogens (tertiary/aromatic N) is 3. The second kappa shape index (κ2) is 13.5. The molecule has 0 aromatic heterocycles. The molecule has 0 atom stereocenters. The number of hydrogen-bond donors (Lipinski definition) is 0. The molecule has 0 amide bonds. The molecule has 10 aromatic carbocycles. The van der Waals surface area contributed by atoms with Gasteiger partial charge in [0.05, 0.1) is 5.69 Å². The zero-order valence-corrected chi connectivity index (χ0v) is 35.3. The lowest BCUT2D eigenvalue weighted by Crippen LogP contribution is -2.83. The molecule has 0 bridgehead atoms. The van der Waals surface area contributed by atoms with Crippen LogP contribution in [0.3, 0.4) is 0 Å². The van der Waals surface area contributed by atoms with Crippen molar-refractivity contribution in [3.8, 4) is 0 Å². The van der Waals surface area contributed by atoms with Crippen LogP contribution in [0, 0.1) is 0 Å². The van der Waals surface area contributed by atoms with Gasteiger partial charge in [0.25, 0.3) is 6.71 Å². The fourth-order valence-electron chi connectivity index (χ4n) is 11.1. The summed E-state index contributed by atoms with van der Waals surface area (Å²) in [6, 6.07) is 83.8. The molecule has 0 radical (unpaired) electrons. The smallest absolute Gasteiger partial charge is 0.251 e. The summed E-state index contributed by atoms with van der Waals surface area (Å²) in [6.45, 7) is 2.64. The lowest BCUT2D eigenvalue weighted by atomic mass is 9.33. The number of rotatable bonds is 6. The van der Waals surface area contributed by atoms with Crippen LogP contribution in [0.25, 0.3) is 21.5 Å². The van der Waals surface area contributed by atoms with E-state index in [1.165, 1.54) is 76.2 Å². The standard InChI is InChI=1S/C57H40BN3Si/c1-62(48-25-9-4-10-26-48)53-29-15-27-49-56(53)58-55-51(60(49)45-33-31-39-17-11-13-19-41(39)35-45)37-47(59(43-21-5-2-6-22-43)44-23-7-3-8-24-44)38-52(55)61(50-28-16-30-54(62)57(50)58)46-34-32-40-18-12-14-20-42(40)36-46/h2-38H,1H3. The first-order chi connectivity index (χ1) is 30.6. The third kappa shape index (κ3) is 5.00. The lowest BCUT2D eigenvalue weighted by Gasteiger charge is -2.51. The molecule has 3 aliphatic rings. The molecule has 13 rings (SSSR count). The second-order valence-corrected chi connectivity index (χ2v) is 20.9. The normalized spacial score (nSPS) is 13.9. The number of hydrogen-bond acceptors (Lipinski definition) is 3. The van der Waals surface area contributed by atoms with Gasteiger partial charge in [0.1, 0.15) is 8.07 Å². The van der Waals surface area contributed by atoms with Crippen molar-refractivity contribution in [1.29, 1.82) is 0 Å². The molecule has 3 nitrogen and oxygen atoms in total. The minimum Gasteiger partial charge on any atom is -0.311 e. The van der Waals surface area contributed by atoms with E-state index >= 15 is 0 Å². The van der Waals surface area contributed by atoms with Crippen molar-refractivity contribution < 1.29 is 0 Å². The molecule has 5 heteroatoms. The van der Waals surface area contributed by atoms with Crippen LogP contribution in [-0.4, -0.2) is 14.8 Å². The highest BCUT2D eigenvalue weighted by atomic mass is 28.3. The highest BCUT2D eigenvalue weighted by Crippen LogP contribution is 2.49. The topological polar surface area (TPSA) is 9.72 Å². The van der Waals surface area contributed by atoms with Crippen LogP contribution in [0.1, 0.15) is 0 Å². The molecule has 0 N–H and O–H groups in total. The van der Waals surface area contributed by atoms with E-state index in [2.05, 4.69) is 246 Å². The molecule has 0 spiro atoms. The van der Waals surface area contributed by atoms with Gasteiger partial charge < -0.3 is 14.7 Å². The summed E-state index contributed by atoms with van der Waals surface area (Å²) in [4.78, 5) is 7.61. The van der Waals surface area contributed by atoms with Gasteiger partial charge in [-0.3, -0.25) is 0 Å². The third-order valence-corrected chi connectivity index (χ3v) is 18.3. The average molecular weight is 806 g/mol. The summed E-state index contributed by atoms with van der Waals surface area (Å²) >= 11 is 0. The van der Waals surface area contributed by atoms with E-state index in [9.17, 15) is 0 Å². The highest BCUT2D eigenvalue weighted by molar-refractivity contribution is 7.21. The SMILES string of the molecule is C[Si]1(c2ccccc2)c2cccc3c2B2c4c(cc(N(c5ccccc5)c5ccccc5)cc4N(c4ccc5ccccc5c4)c4cccc1c42)N3c1ccc2ccccc2c1. The van der Waals surface area contributed by atoms with Crippen LogP contribution < -0.4 is 46.6 Å². The van der Waals surface area contributed by atoms with Crippen LogP contribution in [0.5, 0.6) is 0 Å². The van der Waals surface area contributed by atoms with Crippen molar-refractivity contribution in [2.75, 3.05) is 14.7 Å². The molecule has 62 heavy (non-hydrogen) atoms. The number of fused-ring (bicyclic) bond motifs is 2. The molecule has 0 aliphatic carbocycles. The summed E-state index contributed by atoms with van der Waals surface area (Å²) in [5.74, 6) is 0. The molecule has 3 aliphatic heterocycles. The predicted molar refractivity (Wildman–Crippen MR) is 267 cm³/mol. The largest absolute Gasteiger partial charge is 0.311 e. The van der Waals surface area contributed by atoms with Gasteiger partial charge in [-0.15, -0.1) is 0 Å². The van der Waals surface area contributed by atoms with Gasteiger partial charge in [-0.1, -0.05) is 169 Å². The quantitative estimate of drug-likeness (QED) is 0.155. The molecule has 0 saturated carbocycles. The summed E-state index contributed by atoms with van der Waals surface area (Å²) in [6.07, 6.45) is 0. The molecule has 0 saturated heterocycles. The maximum atomic E-state index is 2.59. The van der Waals surface area contributed by atoms with E-state index in [1.54, 1.807) is 0 Å². The van der Waals surface area contributed by atoms with Crippen LogP contribution in [-0.2, 0) is 0 Å². The molecule has 290 valence electrons. The Labute approximate surface area is 363 Å². The van der Waals surface area contributed by atoms with Crippen molar-refractivity contribution >= 4 is 119 Å². The van der Waals surface area contributed by atoms with Gasteiger partial charge in [-0.25, -0.2) is 0 Å². The monoisotopic (exact) mass is 805 g/mol. The van der Waals surface area contributed by atoms with E-state index < -0.39 is 8.07 Å².